The fourth-order valence-electron chi connectivity index (χ4n) is 2.51. The van der Waals surface area contributed by atoms with Gasteiger partial charge in [-0.15, -0.1) is 0 Å². The molecule has 0 unspecified atom stereocenters. The number of fused-ring (bicyclic) bond motifs is 1. The van der Waals surface area contributed by atoms with Crippen LogP contribution >= 0.6 is 11.6 Å². The fourth-order valence-corrected chi connectivity index (χ4v) is 2.71. The average molecular weight is 303 g/mol. The summed E-state index contributed by atoms with van der Waals surface area (Å²) >= 11 is 5.95. The Hall–Kier alpha value is -2.40. The van der Waals surface area contributed by atoms with Gasteiger partial charge >= 0.3 is 5.97 Å². The molecular formula is C15H11ClN2O3. The summed E-state index contributed by atoms with van der Waals surface area (Å²) in [5.41, 5.74) is 1.63. The van der Waals surface area contributed by atoms with Crippen LogP contribution in [0.1, 0.15) is 15.9 Å². The highest BCUT2D eigenvalue weighted by atomic mass is 35.5. The third-order valence-electron chi connectivity index (χ3n) is 3.47. The van der Waals surface area contributed by atoms with E-state index in [9.17, 15) is 14.7 Å². The molecule has 0 bridgehead atoms. The largest absolute Gasteiger partial charge is 0.480 e. The number of halogens is 1. The van der Waals surface area contributed by atoms with Crippen LogP contribution in [0.5, 0.6) is 0 Å². The van der Waals surface area contributed by atoms with Crippen LogP contribution in [-0.2, 0) is 11.2 Å². The van der Waals surface area contributed by atoms with Gasteiger partial charge in [0, 0.05) is 18.3 Å². The highest BCUT2D eigenvalue weighted by molar-refractivity contribution is 6.33. The molecule has 0 saturated carbocycles. The number of para-hydroxylation sites is 1. The molecule has 106 valence electrons. The molecule has 1 aromatic heterocycles. The second-order valence-corrected chi connectivity index (χ2v) is 5.06. The maximum atomic E-state index is 12.7. The molecule has 1 aliphatic heterocycles. The third-order valence-corrected chi connectivity index (χ3v) is 3.77. The summed E-state index contributed by atoms with van der Waals surface area (Å²) in [6.07, 6.45) is 1.76. The number of anilines is 1. The summed E-state index contributed by atoms with van der Waals surface area (Å²) in [5, 5.41) is 9.44. The summed E-state index contributed by atoms with van der Waals surface area (Å²) in [5.74, 6) is -1.50. The Morgan fingerprint density at radius 1 is 1.24 bits per heavy atom. The molecule has 21 heavy (non-hydrogen) atoms. The number of carboxylic acid groups (broad SMARTS) is 1. The van der Waals surface area contributed by atoms with Crippen molar-refractivity contribution < 1.29 is 14.7 Å². The van der Waals surface area contributed by atoms with Crippen molar-refractivity contribution in [1.29, 1.82) is 0 Å². The standard InChI is InChI=1S/C15H11ClN2O3/c16-13-10(5-3-7-17-13)14(19)18-11-6-2-1-4-9(11)8-12(18)15(20)21/h1-7,12H,8H2,(H,20,21)/t12-/m0/s1. The first-order valence-electron chi connectivity index (χ1n) is 6.34. The van der Waals surface area contributed by atoms with E-state index in [-0.39, 0.29) is 17.1 Å². The first kappa shape index (κ1) is 13.6. The van der Waals surface area contributed by atoms with E-state index in [1.54, 1.807) is 18.2 Å². The van der Waals surface area contributed by atoms with E-state index in [1.165, 1.54) is 17.2 Å². The van der Waals surface area contributed by atoms with Crippen LogP contribution < -0.4 is 4.90 Å². The molecule has 2 heterocycles. The average Bonchev–Trinajstić information content (AvgIpc) is 2.86. The van der Waals surface area contributed by atoms with E-state index in [2.05, 4.69) is 4.98 Å². The number of rotatable bonds is 2. The van der Waals surface area contributed by atoms with Gasteiger partial charge in [0.2, 0.25) is 0 Å². The van der Waals surface area contributed by atoms with Crippen LogP contribution in [0, 0.1) is 0 Å². The van der Waals surface area contributed by atoms with Crippen molar-refractivity contribution in [2.24, 2.45) is 0 Å². The zero-order valence-electron chi connectivity index (χ0n) is 10.9. The monoisotopic (exact) mass is 302 g/mol. The number of benzene rings is 1. The number of aromatic nitrogens is 1. The fraction of sp³-hybridized carbons (Fsp3) is 0.133. The predicted octanol–water partition coefficient (Wildman–Crippen LogP) is 2.39. The number of carbonyl (C=O) groups is 2. The van der Waals surface area contributed by atoms with Gasteiger partial charge in [-0.05, 0) is 23.8 Å². The molecule has 1 aliphatic rings. The number of nitrogens with zero attached hydrogens (tertiary/aromatic N) is 2. The van der Waals surface area contributed by atoms with Gasteiger partial charge in [-0.1, -0.05) is 29.8 Å². The summed E-state index contributed by atoms with van der Waals surface area (Å²) in [7, 11) is 0. The predicted molar refractivity (Wildman–Crippen MR) is 77.6 cm³/mol. The Morgan fingerprint density at radius 2 is 2.00 bits per heavy atom. The molecule has 1 atom stereocenters. The number of hydrogen-bond donors (Lipinski definition) is 1. The van der Waals surface area contributed by atoms with Crippen LogP contribution in [0.3, 0.4) is 0 Å². The lowest BCUT2D eigenvalue weighted by Gasteiger charge is -2.22. The molecular weight excluding hydrogens is 292 g/mol. The smallest absolute Gasteiger partial charge is 0.327 e. The molecule has 0 saturated heterocycles. The Balaban J connectivity index is 2.08. The van der Waals surface area contributed by atoms with Gasteiger partial charge in [0.05, 0.1) is 5.56 Å². The Bertz CT molecular complexity index is 732. The Kier molecular flexibility index (Phi) is 3.35. The maximum absolute atomic E-state index is 12.7. The summed E-state index contributed by atoms with van der Waals surface area (Å²) in [6, 6.07) is 9.36. The first-order chi connectivity index (χ1) is 10.1. The van der Waals surface area contributed by atoms with Gasteiger partial charge in [0.1, 0.15) is 11.2 Å². The van der Waals surface area contributed by atoms with Crippen molar-refractivity contribution in [3.8, 4) is 0 Å². The van der Waals surface area contributed by atoms with E-state index in [0.29, 0.717) is 5.69 Å². The molecule has 0 spiro atoms. The van der Waals surface area contributed by atoms with Crippen molar-refractivity contribution in [3.05, 3.63) is 58.9 Å². The van der Waals surface area contributed by atoms with Crippen LogP contribution in [0.15, 0.2) is 42.6 Å². The van der Waals surface area contributed by atoms with Gasteiger partial charge < -0.3 is 5.11 Å². The molecule has 1 aromatic carbocycles. The van der Waals surface area contributed by atoms with Gasteiger partial charge in [0.25, 0.3) is 5.91 Å². The van der Waals surface area contributed by atoms with Gasteiger partial charge in [-0.2, -0.15) is 0 Å². The number of carboxylic acids is 1. The minimum Gasteiger partial charge on any atom is -0.480 e. The molecule has 1 amide bonds. The quantitative estimate of drug-likeness (QED) is 0.865. The number of pyridine rings is 1. The zero-order chi connectivity index (χ0) is 15.0. The van der Waals surface area contributed by atoms with Gasteiger partial charge in [-0.3, -0.25) is 9.69 Å². The van der Waals surface area contributed by atoms with Crippen molar-refractivity contribution in [1.82, 2.24) is 4.98 Å². The number of hydrogen-bond acceptors (Lipinski definition) is 3. The third kappa shape index (κ3) is 2.25. The zero-order valence-corrected chi connectivity index (χ0v) is 11.6. The molecule has 0 fully saturated rings. The van der Waals surface area contributed by atoms with E-state index >= 15 is 0 Å². The molecule has 0 aliphatic carbocycles. The maximum Gasteiger partial charge on any atom is 0.327 e. The lowest BCUT2D eigenvalue weighted by atomic mass is 10.1. The Labute approximate surface area is 125 Å². The highest BCUT2D eigenvalue weighted by Gasteiger charge is 2.39. The van der Waals surface area contributed by atoms with Crippen LogP contribution in [-0.4, -0.2) is 28.0 Å². The SMILES string of the molecule is O=C(O)[C@@H]1Cc2ccccc2N1C(=O)c1cccnc1Cl. The van der Waals surface area contributed by atoms with E-state index in [0.717, 1.165) is 5.56 Å². The minimum absolute atomic E-state index is 0.0658. The topological polar surface area (TPSA) is 70.5 Å². The van der Waals surface area contributed by atoms with Crippen molar-refractivity contribution >= 4 is 29.2 Å². The van der Waals surface area contributed by atoms with Gasteiger partial charge in [0.15, 0.2) is 0 Å². The molecule has 2 aromatic rings. The van der Waals surface area contributed by atoms with E-state index in [1.807, 2.05) is 12.1 Å². The normalized spacial score (nSPS) is 16.6. The number of amides is 1. The lowest BCUT2D eigenvalue weighted by Crippen LogP contribution is -2.43. The summed E-state index contributed by atoms with van der Waals surface area (Å²) in [6.45, 7) is 0. The molecule has 1 N–H and O–H groups in total. The second kappa shape index (κ2) is 5.18. The van der Waals surface area contributed by atoms with Crippen molar-refractivity contribution in [2.75, 3.05) is 4.90 Å². The summed E-state index contributed by atoms with van der Waals surface area (Å²) < 4.78 is 0. The molecule has 6 heteroatoms. The highest BCUT2D eigenvalue weighted by Crippen LogP contribution is 2.34. The molecule has 3 rings (SSSR count). The Morgan fingerprint density at radius 3 is 2.71 bits per heavy atom. The van der Waals surface area contributed by atoms with Gasteiger partial charge in [-0.25, -0.2) is 9.78 Å². The minimum atomic E-state index is -1.04. The van der Waals surface area contributed by atoms with Crippen LogP contribution in [0.25, 0.3) is 0 Å². The second-order valence-electron chi connectivity index (χ2n) is 4.70. The van der Waals surface area contributed by atoms with E-state index in [4.69, 9.17) is 11.6 Å². The van der Waals surface area contributed by atoms with Crippen molar-refractivity contribution in [3.63, 3.8) is 0 Å². The lowest BCUT2D eigenvalue weighted by molar-refractivity contribution is -0.138. The van der Waals surface area contributed by atoms with Crippen LogP contribution in [0.2, 0.25) is 5.15 Å². The first-order valence-corrected chi connectivity index (χ1v) is 6.72. The number of carbonyl (C=O) groups excluding carboxylic acids is 1. The molecule has 5 nitrogen and oxygen atoms in total. The molecule has 0 radical (unpaired) electrons. The van der Waals surface area contributed by atoms with Crippen molar-refractivity contribution in [2.45, 2.75) is 12.5 Å². The van der Waals surface area contributed by atoms with E-state index < -0.39 is 17.9 Å². The summed E-state index contributed by atoms with van der Waals surface area (Å²) in [4.78, 5) is 29.3. The van der Waals surface area contributed by atoms with Crippen LogP contribution in [0.4, 0.5) is 5.69 Å². The number of aliphatic carboxylic acids is 1.